The van der Waals surface area contributed by atoms with Gasteiger partial charge in [0.15, 0.2) is 0 Å². The zero-order valence-corrected chi connectivity index (χ0v) is 13.4. The number of H-pyrrole nitrogens is 1. The minimum Gasteiger partial charge on any atom is -0.310 e. The highest BCUT2D eigenvalue weighted by molar-refractivity contribution is 7.12. The molecular formula is C15H21N3OS. The van der Waals surface area contributed by atoms with E-state index in [-0.39, 0.29) is 11.6 Å². The lowest BCUT2D eigenvalue weighted by molar-refractivity contribution is 0.566. The number of hydrogen-bond acceptors (Lipinski definition) is 4. The Bertz CT molecular complexity index is 653. The maximum atomic E-state index is 12.0. The highest BCUT2D eigenvalue weighted by atomic mass is 32.1. The van der Waals surface area contributed by atoms with E-state index in [1.807, 2.05) is 13.8 Å². The van der Waals surface area contributed by atoms with Crippen LogP contribution in [-0.2, 0) is 6.54 Å². The SMILES string of the molecule is Cc1nc(C)c(C(C)NCc2cc(C)c(C)s2)c(=O)[nH]1. The van der Waals surface area contributed by atoms with E-state index in [2.05, 4.69) is 35.2 Å². The van der Waals surface area contributed by atoms with Crippen LogP contribution in [0.4, 0.5) is 0 Å². The summed E-state index contributed by atoms with van der Waals surface area (Å²) in [5.74, 6) is 0.660. The van der Waals surface area contributed by atoms with Crippen LogP contribution in [0.1, 0.15) is 45.4 Å². The Kier molecular flexibility index (Phi) is 4.40. The van der Waals surface area contributed by atoms with E-state index in [1.54, 1.807) is 18.3 Å². The fourth-order valence-electron chi connectivity index (χ4n) is 2.34. The van der Waals surface area contributed by atoms with Crippen LogP contribution in [0.2, 0.25) is 0 Å². The highest BCUT2D eigenvalue weighted by Gasteiger charge is 2.14. The van der Waals surface area contributed by atoms with Crippen molar-refractivity contribution in [2.24, 2.45) is 0 Å². The van der Waals surface area contributed by atoms with Gasteiger partial charge in [-0.15, -0.1) is 11.3 Å². The smallest absolute Gasteiger partial charge is 0.255 e. The second-order valence-electron chi connectivity index (χ2n) is 5.20. The molecule has 20 heavy (non-hydrogen) atoms. The molecule has 0 radical (unpaired) electrons. The van der Waals surface area contributed by atoms with Crippen molar-refractivity contribution in [2.45, 2.75) is 47.2 Å². The first kappa shape index (κ1) is 14.9. The predicted molar refractivity (Wildman–Crippen MR) is 83.4 cm³/mol. The van der Waals surface area contributed by atoms with Gasteiger partial charge in [-0.2, -0.15) is 0 Å². The fourth-order valence-corrected chi connectivity index (χ4v) is 3.34. The standard InChI is InChI=1S/C15H21N3OS/c1-8-6-13(20-11(8)4)7-16-9(2)14-10(3)17-12(5)18-15(14)19/h6,9,16H,7H2,1-5H3,(H,17,18,19). The molecule has 0 aliphatic rings. The van der Waals surface area contributed by atoms with E-state index in [1.165, 1.54) is 15.3 Å². The van der Waals surface area contributed by atoms with Crippen molar-refractivity contribution >= 4 is 11.3 Å². The summed E-state index contributed by atoms with van der Waals surface area (Å²) in [5.41, 5.74) is 2.80. The zero-order chi connectivity index (χ0) is 14.9. The summed E-state index contributed by atoms with van der Waals surface area (Å²) in [7, 11) is 0. The first-order chi connectivity index (χ1) is 9.38. The number of hydrogen-bond donors (Lipinski definition) is 2. The third-order valence-electron chi connectivity index (χ3n) is 3.50. The minimum absolute atomic E-state index is 0.0189. The molecule has 2 aromatic rings. The van der Waals surface area contributed by atoms with E-state index >= 15 is 0 Å². The van der Waals surface area contributed by atoms with Gasteiger partial charge >= 0.3 is 0 Å². The Labute approximate surface area is 123 Å². The summed E-state index contributed by atoms with van der Waals surface area (Å²) in [6.07, 6.45) is 0. The molecule has 0 aliphatic carbocycles. The van der Waals surface area contributed by atoms with E-state index in [9.17, 15) is 4.79 Å². The quantitative estimate of drug-likeness (QED) is 0.910. The Morgan fingerprint density at radius 3 is 2.60 bits per heavy atom. The van der Waals surface area contributed by atoms with Gasteiger partial charge in [0.25, 0.3) is 5.56 Å². The Morgan fingerprint density at radius 2 is 2.05 bits per heavy atom. The average molecular weight is 291 g/mol. The van der Waals surface area contributed by atoms with Gasteiger partial charge in [0.1, 0.15) is 5.82 Å². The van der Waals surface area contributed by atoms with Gasteiger partial charge < -0.3 is 10.3 Å². The molecule has 5 heteroatoms. The van der Waals surface area contributed by atoms with Crippen molar-refractivity contribution in [1.82, 2.24) is 15.3 Å². The number of aromatic amines is 1. The molecule has 0 fully saturated rings. The molecule has 0 bridgehead atoms. The molecule has 0 aliphatic heterocycles. The average Bonchev–Trinajstić information content (AvgIpc) is 2.65. The second kappa shape index (κ2) is 5.89. The summed E-state index contributed by atoms with van der Waals surface area (Å²) in [6.45, 7) is 10.7. The van der Waals surface area contributed by atoms with Crippen molar-refractivity contribution in [3.8, 4) is 0 Å². The van der Waals surface area contributed by atoms with Crippen LogP contribution in [0, 0.1) is 27.7 Å². The first-order valence-corrected chi connectivity index (χ1v) is 7.57. The van der Waals surface area contributed by atoms with Crippen molar-refractivity contribution in [3.63, 3.8) is 0 Å². The summed E-state index contributed by atoms with van der Waals surface area (Å²) in [6, 6.07) is 2.18. The van der Waals surface area contributed by atoms with Gasteiger partial charge in [-0.1, -0.05) is 0 Å². The van der Waals surface area contributed by atoms with Gasteiger partial charge in [0, 0.05) is 28.0 Å². The lowest BCUT2D eigenvalue weighted by Crippen LogP contribution is -2.27. The lowest BCUT2D eigenvalue weighted by Gasteiger charge is -2.14. The van der Waals surface area contributed by atoms with Gasteiger partial charge in [-0.25, -0.2) is 4.98 Å². The molecule has 1 unspecified atom stereocenters. The third-order valence-corrected chi connectivity index (χ3v) is 4.65. The number of rotatable bonds is 4. The molecule has 0 aromatic carbocycles. The number of nitrogens with one attached hydrogen (secondary N) is 2. The first-order valence-electron chi connectivity index (χ1n) is 6.75. The van der Waals surface area contributed by atoms with Crippen LogP contribution in [0.3, 0.4) is 0 Å². The van der Waals surface area contributed by atoms with Crippen molar-refractivity contribution < 1.29 is 0 Å². The maximum Gasteiger partial charge on any atom is 0.255 e. The van der Waals surface area contributed by atoms with Gasteiger partial charge in [0.2, 0.25) is 0 Å². The van der Waals surface area contributed by atoms with E-state index in [0.717, 1.165) is 17.8 Å². The predicted octanol–water partition coefficient (Wildman–Crippen LogP) is 2.92. The van der Waals surface area contributed by atoms with Gasteiger partial charge in [-0.05, 0) is 46.2 Å². The molecule has 1 atom stereocenters. The topological polar surface area (TPSA) is 57.8 Å². The normalized spacial score (nSPS) is 12.7. The Hall–Kier alpha value is -1.46. The second-order valence-corrected chi connectivity index (χ2v) is 6.55. The molecule has 4 nitrogen and oxygen atoms in total. The van der Waals surface area contributed by atoms with Crippen molar-refractivity contribution in [3.05, 3.63) is 48.8 Å². The van der Waals surface area contributed by atoms with E-state index in [4.69, 9.17) is 0 Å². The van der Waals surface area contributed by atoms with Crippen LogP contribution in [0.15, 0.2) is 10.9 Å². The lowest BCUT2D eigenvalue weighted by atomic mass is 10.1. The van der Waals surface area contributed by atoms with Gasteiger partial charge in [0.05, 0.1) is 5.56 Å². The molecule has 2 N–H and O–H groups in total. The third kappa shape index (κ3) is 3.16. The summed E-state index contributed by atoms with van der Waals surface area (Å²) in [4.78, 5) is 21.8. The fraction of sp³-hybridized carbons (Fsp3) is 0.467. The van der Waals surface area contributed by atoms with Crippen molar-refractivity contribution in [2.75, 3.05) is 0 Å². The van der Waals surface area contributed by atoms with Crippen LogP contribution < -0.4 is 10.9 Å². The molecule has 2 heterocycles. The largest absolute Gasteiger partial charge is 0.310 e. The van der Waals surface area contributed by atoms with E-state index < -0.39 is 0 Å². The summed E-state index contributed by atoms with van der Waals surface area (Å²) >= 11 is 1.80. The number of nitrogens with zero attached hydrogens (tertiary/aromatic N) is 1. The van der Waals surface area contributed by atoms with Gasteiger partial charge in [-0.3, -0.25) is 4.79 Å². The highest BCUT2D eigenvalue weighted by Crippen LogP contribution is 2.21. The Balaban J connectivity index is 2.13. The summed E-state index contributed by atoms with van der Waals surface area (Å²) < 4.78 is 0. The summed E-state index contributed by atoms with van der Waals surface area (Å²) in [5, 5.41) is 3.41. The number of thiophene rings is 1. The molecule has 2 aromatic heterocycles. The molecule has 0 amide bonds. The van der Waals surface area contributed by atoms with Crippen molar-refractivity contribution in [1.29, 1.82) is 0 Å². The zero-order valence-electron chi connectivity index (χ0n) is 12.6. The van der Waals surface area contributed by atoms with Crippen LogP contribution in [-0.4, -0.2) is 9.97 Å². The molecule has 0 saturated carbocycles. The maximum absolute atomic E-state index is 12.0. The minimum atomic E-state index is -0.0476. The number of aryl methyl sites for hydroxylation is 4. The molecule has 0 saturated heterocycles. The molecule has 2 rings (SSSR count). The van der Waals surface area contributed by atoms with Crippen LogP contribution in [0.5, 0.6) is 0 Å². The molecule has 108 valence electrons. The Morgan fingerprint density at radius 1 is 1.35 bits per heavy atom. The molecular weight excluding hydrogens is 270 g/mol. The monoisotopic (exact) mass is 291 g/mol. The van der Waals surface area contributed by atoms with E-state index in [0.29, 0.717) is 5.82 Å². The van der Waals surface area contributed by atoms with Crippen LogP contribution >= 0.6 is 11.3 Å². The van der Waals surface area contributed by atoms with Crippen LogP contribution in [0.25, 0.3) is 0 Å². The molecule has 0 spiro atoms. The number of aromatic nitrogens is 2.